The van der Waals surface area contributed by atoms with E-state index in [1.165, 1.54) is 12.8 Å². The van der Waals surface area contributed by atoms with Crippen LogP contribution < -0.4 is 5.73 Å². The third kappa shape index (κ3) is 1.53. The molecule has 1 aliphatic carbocycles. The lowest BCUT2D eigenvalue weighted by molar-refractivity contribution is 0.561. The van der Waals surface area contributed by atoms with Gasteiger partial charge in [-0.2, -0.15) is 9.61 Å². The van der Waals surface area contributed by atoms with Crippen molar-refractivity contribution in [3.8, 4) is 0 Å². The van der Waals surface area contributed by atoms with E-state index < -0.39 is 0 Å². The Hall–Kier alpha value is -1.29. The van der Waals surface area contributed by atoms with Gasteiger partial charge >= 0.3 is 0 Å². The van der Waals surface area contributed by atoms with E-state index in [-0.39, 0.29) is 0 Å². The second-order valence-corrected chi connectivity index (χ2v) is 5.29. The highest BCUT2D eigenvalue weighted by Gasteiger charge is 2.37. The molecule has 0 amide bonds. The third-order valence-corrected chi connectivity index (χ3v) is 3.49. The lowest BCUT2D eigenvalue weighted by Gasteiger charge is -2.08. The van der Waals surface area contributed by atoms with E-state index in [1.54, 1.807) is 10.7 Å². The van der Waals surface area contributed by atoms with Gasteiger partial charge in [-0.3, -0.25) is 0 Å². The van der Waals surface area contributed by atoms with Crippen molar-refractivity contribution in [1.29, 1.82) is 0 Å². The van der Waals surface area contributed by atoms with Crippen LogP contribution in [0.3, 0.4) is 0 Å². The largest absolute Gasteiger partial charge is 0.384 e. The molecule has 84 valence electrons. The van der Waals surface area contributed by atoms with Crippen LogP contribution >= 0.6 is 11.6 Å². The van der Waals surface area contributed by atoms with Crippen LogP contribution in [0.5, 0.6) is 0 Å². The summed E-state index contributed by atoms with van der Waals surface area (Å²) in [5, 5.41) is 4.62. The van der Waals surface area contributed by atoms with Gasteiger partial charge in [-0.05, 0) is 24.7 Å². The number of nitrogens with two attached hydrogens (primary N) is 1. The summed E-state index contributed by atoms with van der Waals surface area (Å²) in [5.41, 5.74) is 7.99. The molecule has 2 N–H and O–H groups in total. The van der Waals surface area contributed by atoms with Crippen LogP contribution in [0, 0.1) is 5.41 Å². The molecule has 0 saturated heterocycles. The summed E-state index contributed by atoms with van der Waals surface area (Å²) in [6.07, 6.45) is 5.08. The quantitative estimate of drug-likeness (QED) is 0.871. The molecule has 4 nitrogen and oxygen atoms in total. The second-order valence-electron chi connectivity index (χ2n) is 4.89. The van der Waals surface area contributed by atoms with E-state index in [4.69, 9.17) is 17.3 Å². The van der Waals surface area contributed by atoms with Crippen molar-refractivity contribution >= 4 is 23.1 Å². The molecule has 2 aromatic heterocycles. The number of nitrogen functional groups attached to an aromatic ring is 1. The molecule has 0 aromatic carbocycles. The fourth-order valence-corrected chi connectivity index (χ4v) is 2.10. The molecule has 5 heteroatoms. The van der Waals surface area contributed by atoms with Gasteiger partial charge in [-0.1, -0.05) is 18.5 Å². The standard InChI is InChI=1S/C11H13ClN4/c1-11(2-3-11)5-7-4-9(13)16-10(15-7)8(12)6-14-16/h4,6H,2-3,5,13H2,1H3. The third-order valence-electron chi connectivity index (χ3n) is 3.22. The normalized spacial score (nSPS) is 17.9. The summed E-state index contributed by atoms with van der Waals surface area (Å²) < 4.78 is 1.57. The topological polar surface area (TPSA) is 56.2 Å². The number of halogens is 1. The Morgan fingerprint density at radius 1 is 1.56 bits per heavy atom. The second kappa shape index (κ2) is 3.10. The Morgan fingerprint density at radius 2 is 2.31 bits per heavy atom. The number of hydrogen-bond acceptors (Lipinski definition) is 3. The maximum Gasteiger partial charge on any atom is 0.176 e. The minimum absolute atomic E-state index is 0.421. The molecule has 1 fully saturated rings. The smallest absolute Gasteiger partial charge is 0.176 e. The van der Waals surface area contributed by atoms with Crippen molar-refractivity contribution in [3.63, 3.8) is 0 Å². The van der Waals surface area contributed by atoms with Gasteiger partial charge in [0.15, 0.2) is 5.65 Å². The molecule has 0 bridgehead atoms. The monoisotopic (exact) mass is 236 g/mol. The molecule has 0 spiro atoms. The Kier molecular flexibility index (Phi) is 1.92. The summed E-state index contributed by atoms with van der Waals surface area (Å²) in [4.78, 5) is 4.51. The first kappa shape index (κ1) is 9.90. The molecule has 16 heavy (non-hydrogen) atoms. The van der Waals surface area contributed by atoms with Crippen molar-refractivity contribution in [1.82, 2.24) is 14.6 Å². The SMILES string of the molecule is CC1(Cc2cc(N)n3ncc(Cl)c3n2)CC1. The summed E-state index contributed by atoms with van der Waals surface area (Å²) in [6, 6.07) is 1.89. The van der Waals surface area contributed by atoms with Crippen LogP contribution in [0.15, 0.2) is 12.3 Å². The maximum absolute atomic E-state index is 6.00. The molecule has 3 rings (SSSR count). The van der Waals surface area contributed by atoms with Gasteiger partial charge in [0.25, 0.3) is 0 Å². The number of aromatic nitrogens is 3. The highest BCUT2D eigenvalue weighted by molar-refractivity contribution is 6.33. The lowest BCUT2D eigenvalue weighted by atomic mass is 10.0. The van der Waals surface area contributed by atoms with Crippen molar-refractivity contribution in [2.24, 2.45) is 5.41 Å². The molecule has 0 radical (unpaired) electrons. The van der Waals surface area contributed by atoms with Crippen molar-refractivity contribution in [2.45, 2.75) is 26.2 Å². The van der Waals surface area contributed by atoms with Crippen molar-refractivity contribution in [2.75, 3.05) is 5.73 Å². The minimum Gasteiger partial charge on any atom is -0.384 e. The average molecular weight is 237 g/mol. The molecule has 1 aliphatic rings. The maximum atomic E-state index is 6.00. The first-order valence-electron chi connectivity index (χ1n) is 5.36. The van der Waals surface area contributed by atoms with Gasteiger partial charge in [-0.15, -0.1) is 0 Å². The molecule has 0 unspecified atom stereocenters. The van der Waals surface area contributed by atoms with Crippen molar-refractivity contribution < 1.29 is 0 Å². The summed E-state index contributed by atoms with van der Waals surface area (Å²) in [6.45, 7) is 2.27. The first-order valence-corrected chi connectivity index (χ1v) is 5.74. The van der Waals surface area contributed by atoms with Crippen LogP contribution in [-0.2, 0) is 6.42 Å². The number of fused-ring (bicyclic) bond motifs is 1. The molecular formula is C11H13ClN4. The van der Waals surface area contributed by atoms with Gasteiger partial charge in [-0.25, -0.2) is 4.98 Å². The zero-order chi connectivity index (χ0) is 11.3. The van der Waals surface area contributed by atoms with Crippen LogP contribution in [-0.4, -0.2) is 14.6 Å². The Bertz CT molecular complexity index is 556. The highest BCUT2D eigenvalue weighted by atomic mass is 35.5. The van der Waals surface area contributed by atoms with Crippen LogP contribution in [0.25, 0.3) is 5.65 Å². The molecule has 2 aromatic rings. The molecule has 0 atom stereocenters. The van der Waals surface area contributed by atoms with E-state index in [1.807, 2.05) is 6.07 Å². The van der Waals surface area contributed by atoms with Gasteiger partial charge in [0.05, 0.1) is 6.20 Å². The van der Waals surface area contributed by atoms with E-state index in [0.717, 1.165) is 12.1 Å². The zero-order valence-corrected chi connectivity index (χ0v) is 9.83. The molecule has 1 saturated carbocycles. The van der Waals surface area contributed by atoms with E-state index >= 15 is 0 Å². The minimum atomic E-state index is 0.421. The van der Waals surface area contributed by atoms with Crippen molar-refractivity contribution in [3.05, 3.63) is 23.0 Å². The Balaban J connectivity index is 2.08. The number of hydrogen-bond donors (Lipinski definition) is 1. The average Bonchev–Trinajstić information content (AvgIpc) is 2.81. The van der Waals surface area contributed by atoms with E-state index in [9.17, 15) is 0 Å². The number of nitrogens with zero attached hydrogens (tertiary/aromatic N) is 3. The molecular weight excluding hydrogens is 224 g/mol. The predicted octanol–water partition coefficient (Wildman–Crippen LogP) is 2.31. The molecule has 2 heterocycles. The Morgan fingerprint density at radius 3 is 3.00 bits per heavy atom. The van der Waals surface area contributed by atoms with E-state index in [2.05, 4.69) is 17.0 Å². The van der Waals surface area contributed by atoms with Gasteiger partial charge in [0, 0.05) is 11.8 Å². The van der Waals surface area contributed by atoms with Gasteiger partial charge < -0.3 is 5.73 Å². The Labute approximate surface area is 98.4 Å². The fourth-order valence-electron chi connectivity index (χ4n) is 1.93. The lowest BCUT2D eigenvalue weighted by Crippen LogP contribution is -2.06. The first-order chi connectivity index (χ1) is 7.57. The van der Waals surface area contributed by atoms with E-state index in [0.29, 0.717) is 21.9 Å². The highest BCUT2D eigenvalue weighted by Crippen LogP contribution is 2.47. The van der Waals surface area contributed by atoms with Crippen LogP contribution in [0.2, 0.25) is 5.02 Å². The summed E-state index contributed by atoms with van der Waals surface area (Å²) >= 11 is 6.00. The number of rotatable bonds is 2. The van der Waals surface area contributed by atoms with Crippen LogP contribution in [0.1, 0.15) is 25.5 Å². The molecule has 0 aliphatic heterocycles. The summed E-state index contributed by atoms with van der Waals surface area (Å²) in [5.74, 6) is 0.594. The van der Waals surface area contributed by atoms with Gasteiger partial charge in [0.2, 0.25) is 0 Å². The zero-order valence-electron chi connectivity index (χ0n) is 9.07. The summed E-state index contributed by atoms with van der Waals surface area (Å²) in [7, 11) is 0. The number of anilines is 1. The van der Waals surface area contributed by atoms with Gasteiger partial charge in [0.1, 0.15) is 10.8 Å². The van der Waals surface area contributed by atoms with Crippen LogP contribution in [0.4, 0.5) is 5.82 Å². The fraction of sp³-hybridized carbons (Fsp3) is 0.455. The predicted molar refractivity (Wildman–Crippen MR) is 63.5 cm³/mol.